The second-order valence-electron chi connectivity index (χ2n) is 6.20. The summed E-state index contributed by atoms with van der Waals surface area (Å²) in [7, 11) is -3.65. The highest BCUT2D eigenvalue weighted by Crippen LogP contribution is 2.18. The lowest BCUT2D eigenvalue weighted by Crippen LogP contribution is -2.49. The topological polar surface area (TPSA) is 99.9 Å². The highest BCUT2D eigenvalue weighted by atomic mass is 32.2. The maximum atomic E-state index is 12.7. The van der Waals surface area contributed by atoms with Gasteiger partial charge in [0.25, 0.3) is 5.91 Å². The van der Waals surface area contributed by atoms with E-state index in [0.717, 1.165) is 0 Å². The molecular weight excluding hydrogens is 370 g/mol. The van der Waals surface area contributed by atoms with Crippen LogP contribution in [0.25, 0.3) is 0 Å². The van der Waals surface area contributed by atoms with Crippen molar-refractivity contribution in [2.24, 2.45) is 0 Å². The van der Waals surface area contributed by atoms with Crippen LogP contribution in [0, 0.1) is 0 Å². The summed E-state index contributed by atoms with van der Waals surface area (Å²) in [5.41, 5.74) is 0.363. The molecule has 1 aliphatic heterocycles. The number of carbonyl (C=O) groups excluding carboxylic acids is 2. The van der Waals surface area contributed by atoms with Gasteiger partial charge in [0.05, 0.1) is 17.7 Å². The number of carbonyl (C=O) groups is 2. The van der Waals surface area contributed by atoms with Crippen molar-refractivity contribution in [1.29, 1.82) is 0 Å². The van der Waals surface area contributed by atoms with E-state index >= 15 is 0 Å². The Labute approximate surface area is 157 Å². The predicted molar refractivity (Wildman–Crippen MR) is 97.3 cm³/mol. The molecule has 0 spiro atoms. The predicted octanol–water partition coefficient (Wildman–Crippen LogP) is 1.06. The molecule has 1 saturated heterocycles. The molecule has 8 nitrogen and oxygen atoms in total. The van der Waals surface area contributed by atoms with Gasteiger partial charge < -0.3 is 14.6 Å². The number of amides is 2. The van der Waals surface area contributed by atoms with Crippen LogP contribution in [0.5, 0.6) is 0 Å². The molecule has 0 radical (unpaired) electrons. The lowest BCUT2D eigenvalue weighted by atomic mass is 10.2. The molecule has 1 aromatic heterocycles. The quantitative estimate of drug-likeness (QED) is 0.822. The van der Waals surface area contributed by atoms with Crippen LogP contribution in [0.1, 0.15) is 23.0 Å². The Morgan fingerprint density at radius 3 is 2.30 bits per heavy atom. The Morgan fingerprint density at radius 1 is 1.07 bits per heavy atom. The smallest absolute Gasteiger partial charge is 0.251 e. The maximum absolute atomic E-state index is 12.7. The van der Waals surface area contributed by atoms with Crippen LogP contribution in [0.15, 0.2) is 52.0 Å². The summed E-state index contributed by atoms with van der Waals surface area (Å²) in [6, 6.07) is 9.30. The molecule has 1 fully saturated rings. The second-order valence-corrected chi connectivity index (χ2v) is 8.13. The van der Waals surface area contributed by atoms with Crippen LogP contribution in [-0.2, 0) is 21.4 Å². The van der Waals surface area contributed by atoms with Crippen molar-refractivity contribution in [2.75, 3.05) is 26.2 Å². The number of nitrogens with zero attached hydrogens (tertiary/aromatic N) is 2. The van der Waals surface area contributed by atoms with Crippen molar-refractivity contribution in [1.82, 2.24) is 14.5 Å². The summed E-state index contributed by atoms with van der Waals surface area (Å²) in [5, 5.41) is 2.71. The number of piperazine rings is 1. The van der Waals surface area contributed by atoms with E-state index in [9.17, 15) is 18.0 Å². The molecule has 3 rings (SSSR count). The fraction of sp³-hybridized carbons (Fsp3) is 0.333. The van der Waals surface area contributed by atoms with Crippen LogP contribution in [0.2, 0.25) is 0 Å². The van der Waals surface area contributed by atoms with E-state index in [4.69, 9.17) is 4.42 Å². The minimum atomic E-state index is -3.65. The molecule has 0 saturated carbocycles. The average molecular weight is 391 g/mol. The molecule has 2 heterocycles. The van der Waals surface area contributed by atoms with E-state index in [1.54, 1.807) is 17.0 Å². The van der Waals surface area contributed by atoms with Crippen molar-refractivity contribution >= 4 is 21.8 Å². The number of sulfonamides is 1. The summed E-state index contributed by atoms with van der Waals surface area (Å²) in [5.74, 6) is 0.259. The van der Waals surface area contributed by atoms with Gasteiger partial charge in [-0.3, -0.25) is 9.59 Å². The van der Waals surface area contributed by atoms with Crippen molar-refractivity contribution in [3.05, 3.63) is 54.0 Å². The molecule has 0 aliphatic carbocycles. The fourth-order valence-electron chi connectivity index (χ4n) is 2.85. The van der Waals surface area contributed by atoms with Gasteiger partial charge in [0.1, 0.15) is 5.76 Å². The van der Waals surface area contributed by atoms with Gasteiger partial charge in [0.15, 0.2) is 0 Å². The Balaban J connectivity index is 1.63. The van der Waals surface area contributed by atoms with E-state index < -0.39 is 10.0 Å². The second kappa shape index (κ2) is 7.93. The molecule has 1 N–H and O–H groups in total. The van der Waals surface area contributed by atoms with Gasteiger partial charge in [-0.25, -0.2) is 8.42 Å². The molecule has 9 heteroatoms. The summed E-state index contributed by atoms with van der Waals surface area (Å²) in [6.07, 6.45) is 1.53. The van der Waals surface area contributed by atoms with Crippen LogP contribution in [0.3, 0.4) is 0 Å². The zero-order chi connectivity index (χ0) is 19.4. The maximum Gasteiger partial charge on any atom is 0.251 e. The first kappa shape index (κ1) is 19.1. The summed E-state index contributed by atoms with van der Waals surface area (Å²) in [4.78, 5) is 25.3. The zero-order valence-corrected chi connectivity index (χ0v) is 15.7. The first-order valence-corrected chi connectivity index (χ1v) is 9.98. The fourth-order valence-corrected chi connectivity index (χ4v) is 4.28. The van der Waals surface area contributed by atoms with Crippen molar-refractivity contribution in [3.63, 3.8) is 0 Å². The van der Waals surface area contributed by atoms with Crippen molar-refractivity contribution in [2.45, 2.75) is 18.4 Å². The molecule has 0 unspecified atom stereocenters. The minimum Gasteiger partial charge on any atom is -0.467 e. The van der Waals surface area contributed by atoms with Crippen LogP contribution in [-0.4, -0.2) is 55.6 Å². The normalized spacial score (nSPS) is 15.5. The van der Waals surface area contributed by atoms with Gasteiger partial charge in [-0.05, 0) is 36.4 Å². The number of benzene rings is 1. The van der Waals surface area contributed by atoms with Crippen LogP contribution < -0.4 is 5.32 Å². The average Bonchev–Trinajstić information content (AvgIpc) is 3.20. The van der Waals surface area contributed by atoms with Gasteiger partial charge in [0.2, 0.25) is 15.9 Å². The lowest BCUT2D eigenvalue weighted by Gasteiger charge is -2.33. The first-order chi connectivity index (χ1) is 12.9. The van der Waals surface area contributed by atoms with Crippen LogP contribution in [0.4, 0.5) is 0 Å². The molecule has 2 amide bonds. The minimum absolute atomic E-state index is 0.0584. The number of hydrogen-bond acceptors (Lipinski definition) is 5. The molecule has 0 bridgehead atoms. The van der Waals surface area contributed by atoms with Crippen molar-refractivity contribution in [3.8, 4) is 0 Å². The molecular formula is C18H21N3O5S. The standard InChI is InChI=1S/C18H21N3O5S/c1-14(22)20-8-10-21(11-9-20)27(24,25)17-6-4-15(5-7-17)18(23)19-13-16-3-2-12-26-16/h2-7,12H,8-11,13H2,1H3,(H,19,23). The Kier molecular flexibility index (Phi) is 5.62. The highest BCUT2D eigenvalue weighted by Gasteiger charge is 2.29. The molecule has 2 aromatic rings. The number of rotatable bonds is 5. The van der Waals surface area contributed by atoms with Gasteiger partial charge in [0, 0.05) is 38.7 Å². The van der Waals surface area contributed by atoms with E-state index in [-0.39, 0.29) is 36.3 Å². The lowest BCUT2D eigenvalue weighted by molar-refractivity contribution is -0.129. The number of nitrogens with one attached hydrogen (secondary N) is 1. The van der Waals surface area contributed by atoms with Crippen molar-refractivity contribution < 1.29 is 22.4 Å². The Bertz CT molecular complexity index is 899. The van der Waals surface area contributed by atoms with Gasteiger partial charge in [-0.1, -0.05) is 0 Å². The zero-order valence-electron chi connectivity index (χ0n) is 14.9. The molecule has 144 valence electrons. The molecule has 1 aliphatic rings. The Morgan fingerprint density at radius 2 is 1.74 bits per heavy atom. The number of furan rings is 1. The van der Waals surface area contributed by atoms with Crippen LogP contribution >= 0.6 is 0 Å². The third-order valence-corrected chi connectivity index (χ3v) is 6.35. The monoisotopic (exact) mass is 391 g/mol. The van der Waals surface area contributed by atoms with Gasteiger partial charge in [-0.15, -0.1) is 0 Å². The van der Waals surface area contributed by atoms with E-state index in [1.807, 2.05) is 0 Å². The van der Waals surface area contributed by atoms with E-state index in [0.29, 0.717) is 24.4 Å². The molecule has 27 heavy (non-hydrogen) atoms. The highest BCUT2D eigenvalue weighted by molar-refractivity contribution is 7.89. The van der Waals surface area contributed by atoms with Gasteiger partial charge in [-0.2, -0.15) is 4.31 Å². The summed E-state index contributed by atoms with van der Waals surface area (Å²) in [6.45, 7) is 3.00. The number of hydrogen-bond donors (Lipinski definition) is 1. The first-order valence-electron chi connectivity index (χ1n) is 8.54. The Hall–Kier alpha value is -2.65. The summed E-state index contributed by atoms with van der Waals surface area (Å²) >= 11 is 0. The third kappa shape index (κ3) is 4.37. The SMILES string of the molecule is CC(=O)N1CCN(S(=O)(=O)c2ccc(C(=O)NCc3ccco3)cc2)CC1. The molecule has 1 aromatic carbocycles. The summed E-state index contributed by atoms with van der Waals surface area (Å²) < 4.78 is 32.0. The van der Waals surface area contributed by atoms with E-state index in [2.05, 4.69) is 5.32 Å². The van der Waals surface area contributed by atoms with E-state index in [1.165, 1.54) is 41.8 Å². The largest absolute Gasteiger partial charge is 0.467 e. The third-order valence-electron chi connectivity index (χ3n) is 4.44. The van der Waals surface area contributed by atoms with Gasteiger partial charge >= 0.3 is 0 Å². The molecule has 0 atom stereocenters.